The van der Waals surface area contributed by atoms with E-state index in [2.05, 4.69) is 28.4 Å². The number of nitrogens with zero attached hydrogens (tertiary/aromatic N) is 3. The molecule has 0 aliphatic carbocycles. The fourth-order valence-electron chi connectivity index (χ4n) is 2.99. The van der Waals surface area contributed by atoms with Gasteiger partial charge in [0.25, 0.3) is 0 Å². The van der Waals surface area contributed by atoms with Crippen molar-refractivity contribution in [3.05, 3.63) is 12.0 Å². The monoisotopic (exact) mass is 555 g/mol. The maximum Gasteiger partial charge on any atom is 0.490 e. The first-order chi connectivity index (χ1) is 15.5. The average molecular weight is 555 g/mol. The summed E-state index contributed by atoms with van der Waals surface area (Å²) in [6.07, 6.45) is -5.36. The highest BCUT2D eigenvalue weighted by Gasteiger charge is 2.48. The van der Waals surface area contributed by atoms with E-state index in [4.69, 9.17) is 29.9 Å². The molecule has 0 aromatic carbocycles. The minimum absolute atomic E-state index is 0.0402. The van der Waals surface area contributed by atoms with Gasteiger partial charge >= 0.3 is 29.4 Å². The fourth-order valence-corrected chi connectivity index (χ4v) is 6.02. The third kappa shape index (κ3) is 5.90. The van der Waals surface area contributed by atoms with E-state index >= 15 is 0 Å². The Kier molecular flexibility index (Phi) is 7.45. The number of hydrogen-bond acceptors (Lipinski definition) is 15. The summed E-state index contributed by atoms with van der Waals surface area (Å²) in [6, 6.07) is 0. The third-order valence-corrected chi connectivity index (χ3v) is 8.14. The number of nitrogens with one attached hydrogen (secondary N) is 1. The molecule has 3 heterocycles. The first-order valence-electron chi connectivity index (χ1n) is 8.74. The van der Waals surface area contributed by atoms with Gasteiger partial charge in [-0.1, -0.05) is 0 Å². The number of aliphatic imine (C=N–C) groups is 1. The predicted octanol–water partition coefficient (Wildman–Crippen LogP) is -2.67. The van der Waals surface area contributed by atoms with Gasteiger partial charge in [-0.25, -0.2) is 18.7 Å². The van der Waals surface area contributed by atoms with Gasteiger partial charge in [-0.05, 0) is 0 Å². The van der Waals surface area contributed by atoms with Crippen molar-refractivity contribution in [3.8, 4) is 0 Å². The number of guanidine groups is 1. The zero-order valence-electron chi connectivity index (χ0n) is 16.8. The number of nitrogens with two attached hydrogens (primary N) is 1. The first kappa shape index (κ1) is 27.3. The van der Waals surface area contributed by atoms with Gasteiger partial charge < -0.3 is 55.4 Å². The molecule has 0 bridgehead atoms. The molecular weight excluding hydrogens is 535 g/mol. The normalized spacial score (nSPS) is 32.9. The van der Waals surface area contributed by atoms with Gasteiger partial charge in [0, 0.05) is 7.11 Å². The van der Waals surface area contributed by atoms with Crippen molar-refractivity contribution in [2.45, 2.75) is 30.5 Å². The van der Waals surface area contributed by atoms with Crippen molar-refractivity contribution in [2.24, 2.45) is 10.7 Å². The van der Waals surface area contributed by atoms with E-state index in [0.717, 1.165) is 18.0 Å². The molecule has 7 atom stereocenters. The second-order valence-corrected chi connectivity index (χ2v) is 11.1. The summed E-state index contributed by atoms with van der Waals surface area (Å²) in [4.78, 5) is 43.3. The summed E-state index contributed by atoms with van der Waals surface area (Å²) in [5.41, 5.74) is 5.44. The quantitative estimate of drug-likeness (QED) is 0.111. The number of aromatic nitrogens is 2. The topological polar surface area (TPSA) is 307 Å². The molecule has 0 spiro atoms. The van der Waals surface area contributed by atoms with Crippen LogP contribution >= 0.6 is 23.5 Å². The minimum Gasteiger partial charge on any atom is -0.387 e. The van der Waals surface area contributed by atoms with Crippen LogP contribution < -0.4 is 11.1 Å². The number of imidazole rings is 1. The van der Waals surface area contributed by atoms with Gasteiger partial charge in [0.2, 0.25) is 0 Å². The average Bonchev–Trinajstić information content (AvgIpc) is 3.19. The summed E-state index contributed by atoms with van der Waals surface area (Å²) in [7, 11) is -15.7. The molecule has 2 aliphatic heterocycles. The van der Waals surface area contributed by atoms with Crippen LogP contribution in [0.3, 0.4) is 0 Å². The van der Waals surface area contributed by atoms with Crippen molar-refractivity contribution in [1.29, 1.82) is 0 Å². The summed E-state index contributed by atoms with van der Waals surface area (Å²) in [5, 5.41) is 33.6. The van der Waals surface area contributed by atoms with Gasteiger partial charge in [-0.2, -0.15) is 13.6 Å². The second kappa shape index (κ2) is 9.29. The minimum atomic E-state index is -5.74. The molecule has 3 rings (SSSR count). The molecule has 1 aromatic rings. The molecule has 20 nitrogen and oxygen atoms in total. The Labute approximate surface area is 189 Å². The lowest BCUT2D eigenvalue weighted by Crippen LogP contribution is -2.39. The van der Waals surface area contributed by atoms with Crippen LogP contribution in [-0.2, 0) is 42.2 Å². The molecule has 34 heavy (non-hydrogen) atoms. The zero-order valence-corrected chi connectivity index (χ0v) is 19.4. The molecule has 0 saturated carbocycles. The molecule has 1 saturated heterocycles. The van der Waals surface area contributed by atoms with Crippen LogP contribution in [0.25, 0.3) is 0 Å². The highest BCUT2D eigenvalue weighted by Crippen LogP contribution is 2.66. The number of hydrogen-bond donors (Lipinski definition) is 9. The molecule has 10 N–H and O–H groups in total. The molecule has 0 amide bonds. The lowest BCUT2D eigenvalue weighted by Gasteiger charge is -2.28. The van der Waals surface area contributed by atoms with E-state index in [9.17, 15) is 33.9 Å². The Morgan fingerprint density at radius 1 is 1.18 bits per heavy atom. The Bertz CT molecular complexity index is 1110. The maximum absolute atomic E-state index is 11.9. The third-order valence-electron chi connectivity index (χ3n) is 4.33. The Morgan fingerprint density at radius 3 is 2.41 bits per heavy atom. The van der Waals surface area contributed by atoms with Crippen molar-refractivity contribution in [2.75, 3.05) is 19.0 Å². The number of phosphoric ester groups is 1. The molecule has 1 aromatic heterocycles. The smallest absolute Gasteiger partial charge is 0.387 e. The van der Waals surface area contributed by atoms with E-state index in [1.807, 2.05) is 0 Å². The Hall–Kier alpha value is -1.31. The van der Waals surface area contributed by atoms with Crippen LogP contribution in [0.15, 0.2) is 11.3 Å². The maximum atomic E-state index is 11.9. The standard InChI is InChI=1S/C11H20N5O15P3/c1-27-11(19)7-8(14-10(12)15-11)16(3-13-7)9-6(18)5(17)4(29-9)2-28-33(23,24)31-34(25,26)30-32(20,21)22/h3-6,9,17-19H,2H2,1H3,(H,23,24)(H,25,26)(H3,12,14,15)(H2,20,21,22)/t4-,5-,6-,9-,11?/m1/s1. The van der Waals surface area contributed by atoms with Crippen LogP contribution in [0.1, 0.15) is 11.9 Å². The van der Waals surface area contributed by atoms with Gasteiger partial charge in [0.15, 0.2) is 17.9 Å². The Balaban J connectivity index is 1.72. The van der Waals surface area contributed by atoms with Crippen molar-refractivity contribution in [3.63, 3.8) is 0 Å². The lowest BCUT2D eigenvalue weighted by atomic mass is 10.1. The molecule has 1 fully saturated rings. The largest absolute Gasteiger partial charge is 0.490 e. The summed E-state index contributed by atoms with van der Waals surface area (Å²) < 4.78 is 56.8. The molecular formula is C11H20N5O15P3. The Morgan fingerprint density at radius 2 is 1.82 bits per heavy atom. The summed E-state index contributed by atoms with van der Waals surface area (Å²) in [5.74, 6) is -2.60. The predicted molar refractivity (Wildman–Crippen MR) is 104 cm³/mol. The van der Waals surface area contributed by atoms with E-state index in [1.165, 1.54) is 0 Å². The second-order valence-electron chi connectivity index (χ2n) is 6.72. The highest BCUT2D eigenvalue weighted by atomic mass is 31.3. The van der Waals surface area contributed by atoms with Crippen LogP contribution in [0.4, 0.5) is 5.82 Å². The number of aliphatic hydroxyl groups is 3. The zero-order chi connectivity index (χ0) is 25.7. The number of methoxy groups -OCH3 is 1. The van der Waals surface area contributed by atoms with Gasteiger partial charge in [0.1, 0.15) is 24.1 Å². The van der Waals surface area contributed by atoms with Gasteiger partial charge in [-0.15, -0.1) is 0 Å². The van der Waals surface area contributed by atoms with Crippen LogP contribution in [0, 0.1) is 0 Å². The summed E-state index contributed by atoms with van der Waals surface area (Å²) >= 11 is 0. The van der Waals surface area contributed by atoms with Crippen molar-refractivity contribution in [1.82, 2.24) is 9.55 Å². The van der Waals surface area contributed by atoms with E-state index < -0.39 is 60.5 Å². The highest BCUT2D eigenvalue weighted by molar-refractivity contribution is 7.66. The SMILES string of the molecule is COC1(O)N=C(N)Nc2c1ncn2[C@@H]1O[C@H](COP(=O)(O)OP(=O)(O)OP(=O)(O)O)[C@@H](O)[C@H]1O. The van der Waals surface area contributed by atoms with Crippen LogP contribution in [0.2, 0.25) is 0 Å². The lowest BCUT2D eigenvalue weighted by molar-refractivity contribution is -0.189. The van der Waals surface area contributed by atoms with Crippen LogP contribution in [-0.4, -0.2) is 82.4 Å². The van der Waals surface area contributed by atoms with E-state index in [1.54, 1.807) is 0 Å². The molecule has 0 radical (unpaired) electrons. The number of fused-ring (bicyclic) bond motifs is 1. The van der Waals surface area contributed by atoms with E-state index in [-0.39, 0.29) is 17.5 Å². The molecule has 23 heteroatoms. The molecule has 194 valence electrons. The number of ether oxygens (including phenoxy) is 2. The summed E-state index contributed by atoms with van der Waals surface area (Å²) in [6.45, 7) is -1.02. The molecule has 2 aliphatic rings. The molecule has 3 unspecified atom stereocenters. The number of rotatable bonds is 9. The van der Waals surface area contributed by atoms with E-state index in [0.29, 0.717) is 0 Å². The first-order valence-corrected chi connectivity index (χ1v) is 13.3. The van der Waals surface area contributed by atoms with Gasteiger partial charge in [-0.3, -0.25) is 9.09 Å². The van der Waals surface area contributed by atoms with Crippen molar-refractivity contribution >= 4 is 35.2 Å². The van der Waals surface area contributed by atoms with Crippen molar-refractivity contribution < 1.29 is 71.2 Å². The number of phosphoric acid groups is 3. The fraction of sp³-hybridized carbons (Fsp3) is 0.636. The number of aliphatic hydroxyl groups excluding tert-OH is 2. The van der Waals surface area contributed by atoms with Crippen LogP contribution in [0.5, 0.6) is 0 Å². The van der Waals surface area contributed by atoms with Gasteiger partial charge in [0.05, 0.1) is 12.9 Å². The number of anilines is 1.